The SMILES string of the molecule is COc1cccc(CNC(=O)C(=O)Nc2cccc([N+](=O)[O-])c2)c1. The van der Waals surface area contributed by atoms with Gasteiger partial charge in [0.05, 0.1) is 12.0 Å². The van der Waals surface area contributed by atoms with Gasteiger partial charge in [-0.1, -0.05) is 18.2 Å². The van der Waals surface area contributed by atoms with Crippen LogP contribution in [0.2, 0.25) is 0 Å². The third-order valence-corrected chi connectivity index (χ3v) is 3.11. The highest BCUT2D eigenvalue weighted by Crippen LogP contribution is 2.17. The van der Waals surface area contributed by atoms with Gasteiger partial charge in [0.1, 0.15) is 5.75 Å². The van der Waals surface area contributed by atoms with Crippen LogP contribution in [-0.4, -0.2) is 23.8 Å². The second-order valence-corrected chi connectivity index (χ2v) is 4.80. The highest BCUT2D eigenvalue weighted by atomic mass is 16.6. The van der Waals surface area contributed by atoms with E-state index in [4.69, 9.17) is 4.74 Å². The number of rotatable bonds is 5. The molecule has 0 saturated carbocycles. The number of anilines is 1. The average molecular weight is 329 g/mol. The summed E-state index contributed by atoms with van der Waals surface area (Å²) in [4.78, 5) is 33.7. The van der Waals surface area contributed by atoms with Crippen LogP contribution in [0.25, 0.3) is 0 Å². The maximum absolute atomic E-state index is 11.8. The zero-order valence-corrected chi connectivity index (χ0v) is 12.8. The molecule has 0 aliphatic rings. The highest BCUT2D eigenvalue weighted by Gasteiger charge is 2.15. The standard InChI is InChI=1S/C16H15N3O5/c1-24-14-7-2-4-11(8-14)10-17-15(20)16(21)18-12-5-3-6-13(9-12)19(22)23/h2-9H,10H2,1H3,(H,17,20)(H,18,21). The molecule has 24 heavy (non-hydrogen) atoms. The van der Waals surface area contributed by atoms with E-state index in [0.717, 1.165) is 5.56 Å². The quantitative estimate of drug-likeness (QED) is 0.494. The molecule has 0 atom stereocenters. The molecule has 0 unspecified atom stereocenters. The Balaban J connectivity index is 1.93. The minimum Gasteiger partial charge on any atom is -0.497 e. The minimum absolute atomic E-state index is 0.151. The Labute approximate surface area is 137 Å². The van der Waals surface area contributed by atoms with Crippen molar-refractivity contribution >= 4 is 23.2 Å². The summed E-state index contributed by atoms with van der Waals surface area (Å²) >= 11 is 0. The first-order valence-corrected chi connectivity index (χ1v) is 6.96. The Morgan fingerprint density at radius 1 is 1.12 bits per heavy atom. The molecular formula is C16H15N3O5. The van der Waals surface area contributed by atoms with Gasteiger partial charge in [0, 0.05) is 24.4 Å². The average Bonchev–Trinajstić information content (AvgIpc) is 2.60. The lowest BCUT2D eigenvalue weighted by Gasteiger charge is -2.07. The summed E-state index contributed by atoms with van der Waals surface area (Å²) in [5.74, 6) is -1.11. The Morgan fingerprint density at radius 2 is 1.88 bits per heavy atom. The molecule has 0 aromatic heterocycles. The first-order valence-electron chi connectivity index (χ1n) is 6.96. The second kappa shape index (κ2) is 7.73. The molecule has 0 spiro atoms. The lowest BCUT2D eigenvalue weighted by atomic mass is 10.2. The second-order valence-electron chi connectivity index (χ2n) is 4.80. The molecule has 2 N–H and O–H groups in total. The molecule has 0 fully saturated rings. The summed E-state index contributed by atoms with van der Waals surface area (Å²) in [6.07, 6.45) is 0. The van der Waals surface area contributed by atoms with E-state index in [1.54, 1.807) is 24.3 Å². The summed E-state index contributed by atoms with van der Waals surface area (Å²) < 4.78 is 5.07. The summed E-state index contributed by atoms with van der Waals surface area (Å²) in [6.45, 7) is 0.151. The third kappa shape index (κ3) is 4.54. The largest absolute Gasteiger partial charge is 0.497 e. The number of nitro groups is 1. The molecule has 2 amide bonds. The predicted octanol–water partition coefficient (Wildman–Crippen LogP) is 1.86. The van der Waals surface area contributed by atoms with Crippen molar-refractivity contribution in [2.45, 2.75) is 6.54 Å². The van der Waals surface area contributed by atoms with Crippen molar-refractivity contribution in [1.82, 2.24) is 5.32 Å². The van der Waals surface area contributed by atoms with Crippen LogP contribution < -0.4 is 15.4 Å². The van der Waals surface area contributed by atoms with Crippen LogP contribution in [0.3, 0.4) is 0 Å². The van der Waals surface area contributed by atoms with Gasteiger partial charge in [-0.05, 0) is 23.8 Å². The molecule has 0 saturated heterocycles. The monoisotopic (exact) mass is 329 g/mol. The summed E-state index contributed by atoms with van der Waals surface area (Å²) in [5.41, 5.74) is 0.765. The van der Waals surface area contributed by atoms with Crippen LogP contribution in [0.4, 0.5) is 11.4 Å². The maximum Gasteiger partial charge on any atom is 0.313 e. The van der Waals surface area contributed by atoms with E-state index >= 15 is 0 Å². The number of nitrogens with zero attached hydrogens (tertiary/aromatic N) is 1. The lowest BCUT2D eigenvalue weighted by molar-refractivity contribution is -0.384. The van der Waals surface area contributed by atoms with Crippen molar-refractivity contribution in [3.05, 3.63) is 64.2 Å². The minimum atomic E-state index is -0.904. The smallest absolute Gasteiger partial charge is 0.313 e. The number of benzene rings is 2. The summed E-state index contributed by atoms with van der Waals surface area (Å²) in [6, 6.07) is 12.4. The molecule has 8 nitrogen and oxygen atoms in total. The van der Waals surface area contributed by atoms with E-state index < -0.39 is 16.7 Å². The van der Waals surface area contributed by atoms with Crippen LogP contribution >= 0.6 is 0 Å². The molecule has 0 bridgehead atoms. The predicted molar refractivity (Wildman–Crippen MR) is 86.6 cm³/mol. The van der Waals surface area contributed by atoms with Gasteiger partial charge in [-0.15, -0.1) is 0 Å². The zero-order valence-electron chi connectivity index (χ0n) is 12.8. The number of methoxy groups -OCH3 is 1. The van der Waals surface area contributed by atoms with Crippen molar-refractivity contribution in [2.75, 3.05) is 12.4 Å². The number of nitro benzene ring substituents is 1. The molecule has 124 valence electrons. The van der Waals surface area contributed by atoms with Crippen molar-refractivity contribution in [2.24, 2.45) is 0 Å². The zero-order chi connectivity index (χ0) is 17.5. The fraction of sp³-hybridized carbons (Fsp3) is 0.125. The number of amides is 2. The van der Waals surface area contributed by atoms with Crippen LogP contribution in [0.1, 0.15) is 5.56 Å². The molecule has 0 radical (unpaired) electrons. The summed E-state index contributed by atoms with van der Waals surface area (Å²) in [5, 5.41) is 15.5. The molecule has 2 aromatic carbocycles. The van der Waals surface area contributed by atoms with Crippen LogP contribution in [0, 0.1) is 10.1 Å². The van der Waals surface area contributed by atoms with E-state index in [9.17, 15) is 19.7 Å². The van der Waals surface area contributed by atoms with Gasteiger partial charge in [-0.2, -0.15) is 0 Å². The fourth-order valence-electron chi connectivity index (χ4n) is 1.93. The molecule has 2 aromatic rings. The van der Waals surface area contributed by atoms with Gasteiger partial charge in [-0.25, -0.2) is 0 Å². The van der Waals surface area contributed by atoms with Crippen molar-refractivity contribution < 1.29 is 19.2 Å². The topological polar surface area (TPSA) is 111 Å². The Bertz CT molecular complexity index is 776. The van der Waals surface area contributed by atoms with E-state index in [1.807, 2.05) is 0 Å². The van der Waals surface area contributed by atoms with E-state index in [-0.39, 0.29) is 17.9 Å². The number of ether oxygens (including phenoxy) is 1. The number of carbonyl (C=O) groups excluding carboxylic acids is 2. The molecule has 8 heteroatoms. The molecule has 0 aliphatic carbocycles. The number of carbonyl (C=O) groups is 2. The Kier molecular flexibility index (Phi) is 5.45. The number of nitrogens with one attached hydrogen (secondary N) is 2. The highest BCUT2D eigenvalue weighted by molar-refractivity contribution is 6.39. The number of hydrogen-bond donors (Lipinski definition) is 2. The first kappa shape index (κ1) is 16.9. The van der Waals surface area contributed by atoms with Gasteiger partial charge in [0.2, 0.25) is 0 Å². The lowest BCUT2D eigenvalue weighted by Crippen LogP contribution is -2.34. The van der Waals surface area contributed by atoms with Gasteiger partial charge >= 0.3 is 11.8 Å². The maximum atomic E-state index is 11.8. The van der Waals surface area contributed by atoms with Crippen molar-refractivity contribution in [3.8, 4) is 5.75 Å². The van der Waals surface area contributed by atoms with Gasteiger partial charge < -0.3 is 15.4 Å². The Morgan fingerprint density at radius 3 is 2.58 bits per heavy atom. The fourth-order valence-corrected chi connectivity index (χ4v) is 1.93. The van der Waals surface area contributed by atoms with Crippen molar-refractivity contribution in [3.63, 3.8) is 0 Å². The van der Waals surface area contributed by atoms with Crippen LogP contribution in [0.15, 0.2) is 48.5 Å². The van der Waals surface area contributed by atoms with Crippen LogP contribution in [-0.2, 0) is 16.1 Å². The van der Waals surface area contributed by atoms with Crippen molar-refractivity contribution in [1.29, 1.82) is 0 Å². The van der Waals surface area contributed by atoms with E-state index in [0.29, 0.717) is 5.75 Å². The number of non-ortho nitro benzene ring substituents is 1. The first-order chi connectivity index (χ1) is 11.5. The van der Waals surface area contributed by atoms with E-state index in [2.05, 4.69) is 10.6 Å². The van der Waals surface area contributed by atoms with E-state index in [1.165, 1.54) is 31.4 Å². The normalized spacial score (nSPS) is 9.88. The third-order valence-electron chi connectivity index (χ3n) is 3.11. The molecular weight excluding hydrogens is 314 g/mol. The molecule has 2 rings (SSSR count). The summed E-state index contributed by atoms with van der Waals surface area (Å²) in [7, 11) is 1.53. The molecule has 0 heterocycles. The van der Waals surface area contributed by atoms with Gasteiger partial charge in [0.15, 0.2) is 0 Å². The van der Waals surface area contributed by atoms with Crippen LogP contribution in [0.5, 0.6) is 5.75 Å². The Hall–Kier alpha value is -3.42. The van der Waals surface area contributed by atoms with Gasteiger partial charge in [0.25, 0.3) is 5.69 Å². The molecule has 0 aliphatic heterocycles. The van der Waals surface area contributed by atoms with Gasteiger partial charge in [-0.3, -0.25) is 19.7 Å². The number of hydrogen-bond acceptors (Lipinski definition) is 5.